The van der Waals surface area contributed by atoms with E-state index in [1.165, 1.54) is 0 Å². The second kappa shape index (κ2) is 4.74. The predicted octanol–water partition coefficient (Wildman–Crippen LogP) is 1.49. The number of rotatable bonds is 2. The molecule has 0 aromatic carbocycles. The van der Waals surface area contributed by atoms with Gasteiger partial charge in [-0.2, -0.15) is 0 Å². The van der Waals surface area contributed by atoms with Crippen molar-refractivity contribution < 1.29 is 4.79 Å². The van der Waals surface area contributed by atoms with E-state index in [9.17, 15) is 4.79 Å². The highest BCUT2D eigenvalue weighted by atomic mass is 79.9. The van der Waals surface area contributed by atoms with Crippen LogP contribution in [0, 0.1) is 0 Å². The maximum atomic E-state index is 11.6. The molecule has 1 amide bonds. The van der Waals surface area contributed by atoms with Gasteiger partial charge in [0.05, 0.1) is 5.69 Å². The van der Waals surface area contributed by atoms with Crippen molar-refractivity contribution in [2.45, 2.75) is 12.5 Å². The number of likely N-dealkylation sites (N-methyl/N-ethyl adjacent to an activating group) is 1. The second-order valence-electron chi connectivity index (χ2n) is 3.74. The summed E-state index contributed by atoms with van der Waals surface area (Å²) in [5.41, 5.74) is 0.761. The summed E-state index contributed by atoms with van der Waals surface area (Å²) in [6.45, 7) is 0.784. The number of nitrogens with zero attached hydrogens (tertiary/aromatic N) is 3. The van der Waals surface area contributed by atoms with Gasteiger partial charge in [-0.1, -0.05) is 15.9 Å². The lowest BCUT2D eigenvalue weighted by Gasteiger charge is -2.06. The molecule has 0 radical (unpaired) electrons. The highest BCUT2D eigenvalue weighted by Crippen LogP contribution is 2.13. The van der Waals surface area contributed by atoms with Crippen LogP contribution in [-0.4, -0.2) is 41.6 Å². The third kappa shape index (κ3) is 2.47. The van der Waals surface area contributed by atoms with E-state index in [-0.39, 0.29) is 11.9 Å². The topological polar surface area (TPSA) is 45.6 Å². The zero-order chi connectivity index (χ0) is 11.5. The minimum atomic E-state index is -0.231. The van der Waals surface area contributed by atoms with E-state index in [1.54, 1.807) is 24.4 Å². The first-order chi connectivity index (χ1) is 7.66. The number of aliphatic imine (C=N–C) groups is 1. The standard InChI is InChI=1S/C11H12BrN3O/c1-15-5-3-10(11(15)16)14-7-9-6-8(12)2-4-13-9/h2,4,6-7,10H,3,5H2,1H3/b14-7+. The molecule has 1 unspecified atom stereocenters. The number of hydrogen-bond acceptors (Lipinski definition) is 3. The number of amides is 1. The average molecular weight is 282 g/mol. The summed E-state index contributed by atoms with van der Waals surface area (Å²) in [6.07, 6.45) is 4.15. The second-order valence-corrected chi connectivity index (χ2v) is 4.66. The van der Waals surface area contributed by atoms with Crippen molar-refractivity contribution in [1.82, 2.24) is 9.88 Å². The molecule has 1 aromatic heterocycles. The molecule has 0 N–H and O–H groups in total. The molecule has 5 heteroatoms. The van der Waals surface area contributed by atoms with Crippen molar-refractivity contribution in [2.75, 3.05) is 13.6 Å². The molecule has 1 aliphatic rings. The van der Waals surface area contributed by atoms with Gasteiger partial charge in [-0.05, 0) is 18.6 Å². The monoisotopic (exact) mass is 281 g/mol. The van der Waals surface area contributed by atoms with Crippen LogP contribution in [0.2, 0.25) is 0 Å². The molecule has 2 rings (SSSR count). The summed E-state index contributed by atoms with van der Waals surface area (Å²) >= 11 is 3.36. The van der Waals surface area contributed by atoms with Gasteiger partial charge in [0, 0.05) is 30.5 Å². The van der Waals surface area contributed by atoms with E-state index in [2.05, 4.69) is 25.9 Å². The van der Waals surface area contributed by atoms with E-state index in [1.807, 2.05) is 12.1 Å². The van der Waals surface area contributed by atoms with Crippen LogP contribution in [0.3, 0.4) is 0 Å². The Bertz CT molecular complexity index is 433. The number of hydrogen-bond donors (Lipinski definition) is 0. The third-order valence-electron chi connectivity index (χ3n) is 2.53. The van der Waals surface area contributed by atoms with Crippen LogP contribution >= 0.6 is 15.9 Å². The van der Waals surface area contributed by atoms with Crippen molar-refractivity contribution in [3.05, 3.63) is 28.5 Å². The quantitative estimate of drug-likeness (QED) is 0.771. The van der Waals surface area contributed by atoms with Crippen molar-refractivity contribution in [2.24, 2.45) is 4.99 Å². The van der Waals surface area contributed by atoms with Gasteiger partial charge >= 0.3 is 0 Å². The molecule has 1 fully saturated rings. The molecule has 0 saturated carbocycles. The molecule has 84 valence electrons. The summed E-state index contributed by atoms with van der Waals surface area (Å²) < 4.78 is 0.957. The number of likely N-dealkylation sites (tertiary alicyclic amines) is 1. The van der Waals surface area contributed by atoms with Gasteiger partial charge < -0.3 is 4.90 Å². The Morgan fingerprint density at radius 1 is 1.69 bits per heavy atom. The molecule has 4 nitrogen and oxygen atoms in total. The molecule has 1 aromatic rings. The van der Waals surface area contributed by atoms with Crippen LogP contribution in [0.1, 0.15) is 12.1 Å². The molecule has 0 bridgehead atoms. The van der Waals surface area contributed by atoms with Crippen molar-refractivity contribution in [3.63, 3.8) is 0 Å². The normalized spacial score (nSPS) is 21.0. The van der Waals surface area contributed by atoms with Crippen LogP contribution in [0.5, 0.6) is 0 Å². The lowest BCUT2D eigenvalue weighted by molar-refractivity contribution is -0.127. The molecular formula is C11H12BrN3O. The fourth-order valence-electron chi connectivity index (χ4n) is 1.60. The largest absolute Gasteiger partial charge is 0.344 e. The van der Waals surface area contributed by atoms with E-state index in [0.717, 1.165) is 23.1 Å². The third-order valence-corrected chi connectivity index (χ3v) is 3.02. The van der Waals surface area contributed by atoms with Gasteiger partial charge in [0.15, 0.2) is 0 Å². The molecule has 1 saturated heterocycles. The number of pyridine rings is 1. The minimum absolute atomic E-state index is 0.0891. The zero-order valence-corrected chi connectivity index (χ0v) is 10.5. The zero-order valence-electron chi connectivity index (χ0n) is 8.93. The summed E-state index contributed by atoms with van der Waals surface area (Å²) in [7, 11) is 1.80. The maximum Gasteiger partial charge on any atom is 0.247 e. The van der Waals surface area contributed by atoms with Crippen molar-refractivity contribution >= 4 is 28.1 Å². The van der Waals surface area contributed by atoms with Gasteiger partial charge in [0.1, 0.15) is 6.04 Å². The van der Waals surface area contributed by atoms with Gasteiger partial charge in [0.2, 0.25) is 5.91 Å². The van der Waals surface area contributed by atoms with Crippen LogP contribution in [0.25, 0.3) is 0 Å². The SMILES string of the molecule is CN1CCC(/N=C/c2cc(Br)ccn2)C1=O. The molecule has 1 atom stereocenters. The van der Waals surface area contributed by atoms with Crippen LogP contribution < -0.4 is 0 Å². The van der Waals surface area contributed by atoms with Crippen LogP contribution in [0.4, 0.5) is 0 Å². The molecule has 2 heterocycles. The number of carbonyl (C=O) groups is 1. The predicted molar refractivity (Wildman–Crippen MR) is 65.6 cm³/mol. The van der Waals surface area contributed by atoms with Gasteiger partial charge in [-0.3, -0.25) is 14.8 Å². The first-order valence-electron chi connectivity index (χ1n) is 5.06. The molecule has 0 aliphatic carbocycles. The van der Waals surface area contributed by atoms with E-state index in [4.69, 9.17) is 0 Å². The Hall–Kier alpha value is -1.23. The Morgan fingerprint density at radius 2 is 2.50 bits per heavy atom. The minimum Gasteiger partial charge on any atom is -0.344 e. The highest BCUT2D eigenvalue weighted by molar-refractivity contribution is 9.10. The van der Waals surface area contributed by atoms with Crippen molar-refractivity contribution in [1.29, 1.82) is 0 Å². The van der Waals surface area contributed by atoms with E-state index in [0.29, 0.717) is 0 Å². The fraction of sp³-hybridized carbons (Fsp3) is 0.364. The van der Waals surface area contributed by atoms with Crippen LogP contribution in [0.15, 0.2) is 27.8 Å². The Balaban J connectivity index is 2.07. The van der Waals surface area contributed by atoms with E-state index >= 15 is 0 Å². The lowest BCUT2D eigenvalue weighted by Crippen LogP contribution is -2.24. The van der Waals surface area contributed by atoms with Gasteiger partial charge in [-0.15, -0.1) is 0 Å². The number of halogens is 1. The fourth-order valence-corrected chi connectivity index (χ4v) is 1.95. The summed E-state index contributed by atoms with van der Waals surface area (Å²) in [5.74, 6) is 0.0891. The Morgan fingerprint density at radius 3 is 3.12 bits per heavy atom. The van der Waals surface area contributed by atoms with Crippen molar-refractivity contribution in [3.8, 4) is 0 Å². The summed E-state index contributed by atoms with van der Waals surface area (Å²) in [5, 5.41) is 0. The number of aromatic nitrogens is 1. The summed E-state index contributed by atoms with van der Waals surface area (Å²) in [6, 6.07) is 3.49. The van der Waals surface area contributed by atoms with Gasteiger partial charge in [-0.25, -0.2) is 0 Å². The molecular weight excluding hydrogens is 270 g/mol. The van der Waals surface area contributed by atoms with E-state index < -0.39 is 0 Å². The maximum absolute atomic E-state index is 11.6. The first-order valence-corrected chi connectivity index (χ1v) is 5.86. The molecule has 16 heavy (non-hydrogen) atoms. The summed E-state index contributed by atoms with van der Waals surface area (Å²) in [4.78, 5) is 21.7. The van der Waals surface area contributed by atoms with Gasteiger partial charge in [0.25, 0.3) is 0 Å². The highest BCUT2D eigenvalue weighted by Gasteiger charge is 2.27. The molecule has 0 spiro atoms. The van der Waals surface area contributed by atoms with Crippen LogP contribution in [-0.2, 0) is 4.79 Å². The lowest BCUT2D eigenvalue weighted by atomic mass is 10.2. The smallest absolute Gasteiger partial charge is 0.247 e. The number of carbonyl (C=O) groups excluding carboxylic acids is 1. The Labute approximate surface area is 103 Å². The average Bonchev–Trinajstić information content (AvgIpc) is 2.57. The Kier molecular flexibility index (Phi) is 3.33. The first kappa shape index (κ1) is 11.3. The molecule has 1 aliphatic heterocycles.